The van der Waals surface area contributed by atoms with Crippen LogP contribution in [0.15, 0.2) is 24.4 Å². The van der Waals surface area contributed by atoms with Crippen molar-refractivity contribution in [2.75, 3.05) is 45.2 Å². The van der Waals surface area contributed by atoms with Gasteiger partial charge in [-0.3, -0.25) is 9.69 Å². The largest absolute Gasteiger partial charge is 0.371 e. The zero-order chi connectivity index (χ0) is 22.7. The number of hydrogen-bond acceptors (Lipinski definition) is 5. The third-order valence-corrected chi connectivity index (χ3v) is 6.66. The van der Waals surface area contributed by atoms with Gasteiger partial charge in [-0.1, -0.05) is 6.07 Å². The first kappa shape index (κ1) is 22.6. The van der Waals surface area contributed by atoms with Gasteiger partial charge in [0.15, 0.2) is 0 Å². The van der Waals surface area contributed by atoms with Crippen molar-refractivity contribution in [1.82, 2.24) is 19.8 Å². The summed E-state index contributed by atoms with van der Waals surface area (Å²) in [5, 5.41) is 0. The van der Waals surface area contributed by atoms with Gasteiger partial charge in [-0.2, -0.15) is 0 Å². The van der Waals surface area contributed by atoms with E-state index in [1.165, 1.54) is 19.3 Å². The molecule has 2 saturated heterocycles. The molecule has 0 bridgehead atoms. The first-order chi connectivity index (χ1) is 15.4. The molecule has 1 aromatic heterocycles. The first-order valence-corrected chi connectivity index (χ1v) is 11.7. The highest BCUT2D eigenvalue weighted by atomic mass is 19.1. The van der Waals surface area contributed by atoms with Crippen LogP contribution < -0.4 is 4.90 Å². The highest BCUT2D eigenvalue weighted by Crippen LogP contribution is 2.28. The molecular formula is C25H34FN5O. The van der Waals surface area contributed by atoms with Crippen LogP contribution in [0.25, 0.3) is 0 Å². The lowest BCUT2D eigenvalue weighted by atomic mass is 9.96. The summed E-state index contributed by atoms with van der Waals surface area (Å²) in [6.07, 6.45) is 7.32. The van der Waals surface area contributed by atoms with E-state index in [2.05, 4.69) is 25.8 Å². The van der Waals surface area contributed by atoms with E-state index in [0.29, 0.717) is 17.8 Å². The van der Waals surface area contributed by atoms with E-state index in [1.54, 1.807) is 31.3 Å². The lowest BCUT2D eigenvalue weighted by Gasteiger charge is -2.32. The fraction of sp³-hybridized carbons (Fsp3) is 0.560. The van der Waals surface area contributed by atoms with Crippen molar-refractivity contribution >= 4 is 11.6 Å². The standard InChI is InChI=1S/C25H34FN5O/c1-18-22(25(32)29(2)3)15-27-24(28-18)20-8-7-11-30(17-20)16-19-9-10-21(14-23(19)26)31-12-5-4-6-13-31/h9-10,14-15,20H,4-8,11-13,16-17H2,1-3H3/t20-/m0/s1. The van der Waals surface area contributed by atoms with Gasteiger partial charge >= 0.3 is 0 Å². The SMILES string of the molecule is Cc1nc([C@H]2CCCN(Cc3ccc(N4CCCCC4)cc3F)C2)ncc1C(=O)N(C)C. The third kappa shape index (κ3) is 5.09. The van der Waals surface area contributed by atoms with Crippen LogP contribution in [0.1, 0.15) is 65.5 Å². The van der Waals surface area contributed by atoms with Gasteiger partial charge in [-0.05, 0) is 57.7 Å². The van der Waals surface area contributed by atoms with Crippen molar-refractivity contribution in [3.63, 3.8) is 0 Å². The quantitative estimate of drug-likeness (QED) is 0.705. The Labute approximate surface area is 190 Å². The predicted molar refractivity (Wildman–Crippen MR) is 125 cm³/mol. The molecule has 172 valence electrons. The van der Waals surface area contributed by atoms with Crippen molar-refractivity contribution in [2.24, 2.45) is 0 Å². The van der Waals surface area contributed by atoms with E-state index in [0.717, 1.165) is 56.1 Å². The monoisotopic (exact) mass is 439 g/mol. The highest BCUT2D eigenvalue weighted by Gasteiger charge is 2.25. The van der Waals surface area contributed by atoms with Crippen LogP contribution in [-0.4, -0.2) is 65.9 Å². The maximum Gasteiger partial charge on any atom is 0.256 e. The molecule has 2 fully saturated rings. The van der Waals surface area contributed by atoms with Gasteiger partial charge in [-0.25, -0.2) is 14.4 Å². The first-order valence-electron chi connectivity index (χ1n) is 11.7. The minimum atomic E-state index is -0.117. The zero-order valence-corrected chi connectivity index (χ0v) is 19.5. The predicted octanol–water partition coefficient (Wildman–Crippen LogP) is 4.00. The van der Waals surface area contributed by atoms with E-state index in [-0.39, 0.29) is 17.6 Å². The number of rotatable bonds is 5. The number of nitrogens with zero attached hydrogens (tertiary/aromatic N) is 5. The molecule has 3 heterocycles. The summed E-state index contributed by atoms with van der Waals surface area (Å²) < 4.78 is 14.9. The Morgan fingerprint density at radius 3 is 2.62 bits per heavy atom. The van der Waals surface area contributed by atoms with Gasteiger partial charge in [0.1, 0.15) is 11.6 Å². The summed E-state index contributed by atoms with van der Waals surface area (Å²) >= 11 is 0. The van der Waals surface area contributed by atoms with Crippen molar-refractivity contribution in [3.05, 3.63) is 52.9 Å². The fourth-order valence-electron chi connectivity index (χ4n) is 4.80. The van der Waals surface area contributed by atoms with Crippen LogP contribution in [0, 0.1) is 12.7 Å². The second kappa shape index (κ2) is 9.94. The molecule has 4 rings (SSSR count). The summed E-state index contributed by atoms with van der Waals surface area (Å²) in [4.78, 5) is 27.6. The number of halogens is 1. The number of carbonyl (C=O) groups is 1. The second-order valence-electron chi connectivity index (χ2n) is 9.32. The van der Waals surface area contributed by atoms with E-state index < -0.39 is 0 Å². The van der Waals surface area contributed by atoms with E-state index >= 15 is 0 Å². The topological polar surface area (TPSA) is 52.6 Å². The highest BCUT2D eigenvalue weighted by molar-refractivity contribution is 5.94. The number of aromatic nitrogens is 2. The minimum Gasteiger partial charge on any atom is -0.371 e. The number of piperidine rings is 2. The maximum atomic E-state index is 14.9. The van der Waals surface area contributed by atoms with Crippen LogP contribution in [0.3, 0.4) is 0 Å². The Morgan fingerprint density at radius 1 is 1.16 bits per heavy atom. The molecule has 32 heavy (non-hydrogen) atoms. The summed E-state index contributed by atoms with van der Waals surface area (Å²) in [5.74, 6) is 0.779. The molecule has 2 aliphatic heterocycles. The minimum absolute atomic E-state index is 0.0807. The summed E-state index contributed by atoms with van der Waals surface area (Å²) in [5.41, 5.74) is 3.00. The Balaban J connectivity index is 1.42. The van der Waals surface area contributed by atoms with Gasteiger partial charge in [0, 0.05) is 63.6 Å². The normalized spacial score (nSPS) is 19.8. The fourth-order valence-corrected chi connectivity index (χ4v) is 4.80. The molecule has 2 aliphatic rings. The van der Waals surface area contributed by atoms with Crippen LogP contribution in [0.4, 0.5) is 10.1 Å². The van der Waals surface area contributed by atoms with Crippen molar-refractivity contribution in [2.45, 2.75) is 51.5 Å². The number of aryl methyl sites for hydroxylation is 1. The molecule has 0 radical (unpaired) electrons. The molecule has 2 aromatic rings. The van der Waals surface area contributed by atoms with Crippen molar-refractivity contribution < 1.29 is 9.18 Å². The Bertz CT molecular complexity index is 957. The molecule has 1 aromatic carbocycles. The second-order valence-corrected chi connectivity index (χ2v) is 9.32. The van der Waals surface area contributed by atoms with Crippen LogP contribution >= 0.6 is 0 Å². The molecule has 0 aliphatic carbocycles. The van der Waals surface area contributed by atoms with Crippen LogP contribution in [-0.2, 0) is 6.54 Å². The Morgan fingerprint density at radius 2 is 1.94 bits per heavy atom. The summed E-state index contributed by atoms with van der Waals surface area (Å²) in [7, 11) is 3.46. The lowest BCUT2D eigenvalue weighted by molar-refractivity contribution is 0.0825. The summed E-state index contributed by atoms with van der Waals surface area (Å²) in [6.45, 7) is 6.24. The molecule has 6 nitrogen and oxygen atoms in total. The Kier molecular flexibility index (Phi) is 7.04. The Hall–Kier alpha value is -2.54. The van der Waals surface area contributed by atoms with Gasteiger partial charge in [-0.15, -0.1) is 0 Å². The molecule has 1 atom stereocenters. The molecule has 0 N–H and O–H groups in total. The smallest absolute Gasteiger partial charge is 0.256 e. The van der Waals surface area contributed by atoms with E-state index in [1.807, 2.05) is 13.0 Å². The van der Waals surface area contributed by atoms with Gasteiger partial charge < -0.3 is 9.80 Å². The van der Waals surface area contributed by atoms with E-state index in [9.17, 15) is 9.18 Å². The van der Waals surface area contributed by atoms with Gasteiger partial charge in [0.2, 0.25) is 0 Å². The molecule has 0 unspecified atom stereocenters. The molecule has 1 amide bonds. The molecule has 7 heteroatoms. The number of amides is 1. The van der Waals surface area contributed by atoms with Gasteiger partial charge in [0.05, 0.1) is 11.3 Å². The number of hydrogen-bond donors (Lipinski definition) is 0. The number of likely N-dealkylation sites (tertiary alicyclic amines) is 1. The number of benzene rings is 1. The van der Waals surface area contributed by atoms with Crippen LogP contribution in [0.5, 0.6) is 0 Å². The molecule has 0 saturated carbocycles. The van der Waals surface area contributed by atoms with Crippen LogP contribution in [0.2, 0.25) is 0 Å². The molecular weight excluding hydrogens is 405 g/mol. The average molecular weight is 440 g/mol. The van der Waals surface area contributed by atoms with E-state index in [4.69, 9.17) is 0 Å². The summed E-state index contributed by atoms with van der Waals surface area (Å²) in [6, 6.07) is 5.72. The zero-order valence-electron chi connectivity index (χ0n) is 19.5. The average Bonchev–Trinajstić information content (AvgIpc) is 2.80. The third-order valence-electron chi connectivity index (χ3n) is 6.66. The lowest BCUT2D eigenvalue weighted by Crippen LogP contribution is -2.35. The van der Waals surface area contributed by atoms with Crippen molar-refractivity contribution in [3.8, 4) is 0 Å². The number of anilines is 1. The molecule has 0 spiro atoms. The maximum absolute atomic E-state index is 14.9. The van der Waals surface area contributed by atoms with Crippen molar-refractivity contribution in [1.29, 1.82) is 0 Å². The number of carbonyl (C=O) groups excluding carboxylic acids is 1. The van der Waals surface area contributed by atoms with Gasteiger partial charge in [0.25, 0.3) is 5.91 Å².